The van der Waals surface area contributed by atoms with Gasteiger partial charge in [0.2, 0.25) is 0 Å². The Kier molecular flexibility index (Phi) is 4.19. The molecule has 0 saturated heterocycles. The first-order valence-electron chi connectivity index (χ1n) is 4.01. The fourth-order valence-corrected chi connectivity index (χ4v) is 1.44. The Labute approximate surface area is 86.2 Å². The minimum Gasteiger partial charge on any atom is -0.387 e. The molecule has 0 radical (unpaired) electrons. The maximum atomic E-state index is 12.6. The number of rotatable bonds is 4. The van der Waals surface area contributed by atoms with Gasteiger partial charge in [0.05, 0.1) is 0 Å². The summed E-state index contributed by atoms with van der Waals surface area (Å²) in [6.45, 7) is 0. The van der Waals surface area contributed by atoms with Crippen LogP contribution in [0.5, 0.6) is 0 Å². The van der Waals surface area contributed by atoms with Crippen LogP contribution < -0.4 is 5.32 Å². The van der Waals surface area contributed by atoms with Gasteiger partial charge in [-0.25, -0.2) is 4.39 Å². The molecule has 1 rings (SSSR count). The quantitative estimate of drug-likeness (QED) is 0.774. The highest BCUT2D eigenvalue weighted by molar-refractivity contribution is 8.14. The Morgan fingerprint density at radius 2 is 2.07 bits per heavy atom. The lowest BCUT2D eigenvalue weighted by atomic mass is 10.2. The van der Waals surface area contributed by atoms with Crippen LogP contribution in [-0.2, 0) is 4.79 Å². The second-order valence-electron chi connectivity index (χ2n) is 2.52. The van der Waals surface area contributed by atoms with Gasteiger partial charge in [0.25, 0.3) is 0 Å². The minimum absolute atomic E-state index is 0.271. The molecular weight excluding hydrogens is 201 g/mol. The zero-order valence-corrected chi connectivity index (χ0v) is 8.48. The van der Waals surface area contributed by atoms with E-state index in [0.29, 0.717) is 0 Å². The van der Waals surface area contributed by atoms with Crippen molar-refractivity contribution in [1.82, 2.24) is 5.32 Å². The summed E-state index contributed by atoms with van der Waals surface area (Å²) in [4.78, 5) is 10.1. The van der Waals surface area contributed by atoms with E-state index in [0.717, 1.165) is 28.6 Å². The molecule has 0 aliphatic heterocycles. The zero-order chi connectivity index (χ0) is 10.4. The van der Waals surface area contributed by atoms with Gasteiger partial charge in [-0.05, 0) is 29.8 Å². The molecule has 0 aliphatic carbocycles. The lowest BCUT2D eigenvalue weighted by Gasteiger charge is -2.05. The summed E-state index contributed by atoms with van der Waals surface area (Å²) in [5.74, 6) is -0.271. The summed E-state index contributed by atoms with van der Waals surface area (Å²) in [7, 11) is 1.75. The summed E-state index contributed by atoms with van der Waals surface area (Å²) < 4.78 is 12.6. The lowest BCUT2D eigenvalue weighted by molar-refractivity contribution is 0.570. The first-order valence-corrected chi connectivity index (χ1v) is 4.95. The molecule has 4 heteroatoms. The van der Waals surface area contributed by atoms with E-state index in [2.05, 4.69) is 5.32 Å². The Bertz CT molecular complexity index is 334. The van der Waals surface area contributed by atoms with Gasteiger partial charge >= 0.3 is 0 Å². The first-order chi connectivity index (χ1) is 6.77. The van der Waals surface area contributed by atoms with Crippen molar-refractivity contribution in [2.24, 2.45) is 0 Å². The molecule has 1 aromatic rings. The van der Waals surface area contributed by atoms with Crippen LogP contribution in [-0.4, -0.2) is 12.7 Å². The molecule has 0 saturated carbocycles. The molecule has 74 valence electrons. The van der Waals surface area contributed by atoms with Gasteiger partial charge in [-0.1, -0.05) is 11.8 Å². The largest absolute Gasteiger partial charge is 0.387 e. The maximum Gasteiger partial charge on any atom is 0.180 e. The van der Waals surface area contributed by atoms with Crippen molar-refractivity contribution in [2.75, 3.05) is 7.05 Å². The summed E-state index contributed by atoms with van der Waals surface area (Å²) in [6.07, 6.45) is 0. The van der Waals surface area contributed by atoms with Crippen LogP contribution in [0.4, 0.5) is 4.39 Å². The van der Waals surface area contributed by atoms with Crippen LogP contribution >= 0.6 is 11.8 Å². The normalized spacial score (nSPS) is 11.1. The van der Waals surface area contributed by atoms with E-state index in [1.807, 2.05) is 0 Å². The fraction of sp³-hybridized carbons (Fsp3) is 0.100. The molecule has 0 aromatic heterocycles. The predicted octanol–water partition coefficient (Wildman–Crippen LogP) is 2.27. The predicted molar refractivity (Wildman–Crippen MR) is 57.8 cm³/mol. The summed E-state index contributed by atoms with van der Waals surface area (Å²) >= 11 is 1.04. The summed E-state index contributed by atoms with van der Waals surface area (Å²) in [5.41, 5.74) is 2.38. The summed E-state index contributed by atoms with van der Waals surface area (Å²) in [6, 6.07) is 6.07. The Morgan fingerprint density at radius 3 is 2.57 bits per heavy atom. The molecule has 0 fully saturated rings. The second kappa shape index (κ2) is 5.44. The highest BCUT2D eigenvalue weighted by Gasteiger charge is 1.98. The van der Waals surface area contributed by atoms with Crippen molar-refractivity contribution in [3.63, 3.8) is 0 Å². The number of hydrogen-bond acceptors (Lipinski definition) is 3. The molecular formula is C10H10FNOS. The van der Waals surface area contributed by atoms with Crippen LogP contribution in [0.15, 0.2) is 29.7 Å². The molecule has 0 spiro atoms. The van der Waals surface area contributed by atoms with E-state index < -0.39 is 0 Å². The van der Waals surface area contributed by atoms with Crippen molar-refractivity contribution in [1.29, 1.82) is 0 Å². The topological polar surface area (TPSA) is 29.1 Å². The third-order valence-electron chi connectivity index (χ3n) is 1.67. The van der Waals surface area contributed by atoms with Gasteiger partial charge in [0.15, 0.2) is 5.62 Å². The second-order valence-corrected chi connectivity index (χ2v) is 3.22. The maximum absolute atomic E-state index is 12.6. The number of carbonyl (C=O) groups excluding carboxylic acids is 1. The van der Waals surface area contributed by atoms with Crippen LogP contribution in [0.25, 0.3) is 5.70 Å². The standard InChI is InChI=1S/C10H10FNOS/c1-12-10(6-14-7-13)8-2-4-9(11)5-3-8/h2-7,12H,1H3/b10-6-. The SMILES string of the molecule is CN/C(=C\SC=O)c1ccc(F)cc1. The van der Waals surface area contributed by atoms with Gasteiger partial charge in [-0.2, -0.15) is 0 Å². The average molecular weight is 211 g/mol. The monoisotopic (exact) mass is 211 g/mol. The Morgan fingerprint density at radius 1 is 1.43 bits per heavy atom. The van der Waals surface area contributed by atoms with Crippen molar-refractivity contribution in [3.05, 3.63) is 41.1 Å². The molecule has 0 atom stereocenters. The summed E-state index contributed by atoms with van der Waals surface area (Å²) in [5, 5.41) is 4.61. The van der Waals surface area contributed by atoms with Crippen LogP contribution in [0.3, 0.4) is 0 Å². The minimum atomic E-state index is -0.271. The van der Waals surface area contributed by atoms with Gasteiger partial charge in [0, 0.05) is 18.2 Å². The van der Waals surface area contributed by atoms with Crippen molar-refractivity contribution < 1.29 is 9.18 Å². The van der Waals surface area contributed by atoms with Gasteiger partial charge in [-0.15, -0.1) is 0 Å². The Hall–Kier alpha value is -1.29. The third kappa shape index (κ3) is 2.88. The van der Waals surface area contributed by atoms with Gasteiger partial charge in [-0.3, -0.25) is 4.79 Å². The van der Waals surface area contributed by atoms with Crippen molar-refractivity contribution in [2.45, 2.75) is 0 Å². The van der Waals surface area contributed by atoms with E-state index in [-0.39, 0.29) is 5.82 Å². The van der Waals surface area contributed by atoms with Crippen LogP contribution in [0.1, 0.15) is 5.56 Å². The fourth-order valence-electron chi connectivity index (χ4n) is 0.997. The first kappa shape index (κ1) is 10.8. The molecule has 0 heterocycles. The average Bonchev–Trinajstić information content (AvgIpc) is 2.21. The number of benzene rings is 1. The molecule has 0 amide bonds. The molecule has 2 nitrogen and oxygen atoms in total. The molecule has 0 bridgehead atoms. The van der Waals surface area contributed by atoms with Crippen molar-refractivity contribution >= 4 is 23.1 Å². The van der Waals surface area contributed by atoms with Crippen molar-refractivity contribution in [3.8, 4) is 0 Å². The molecule has 1 aromatic carbocycles. The zero-order valence-electron chi connectivity index (χ0n) is 7.66. The van der Waals surface area contributed by atoms with E-state index in [1.165, 1.54) is 12.1 Å². The van der Waals surface area contributed by atoms with E-state index in [9.17, 15) is 9.18 Å². The number of halogens is 1. The highest BCUT2D eigenvalue weighted by atomic mass is 32.2. The lowest BCUT2D eigenvalue weighted by Crippen LogP contribution is -2.03. The van der Waals surface area contributed by atoms with Crippen LogP contribution in [0.2, 0.25) is 0 Å². The molecule has 0 aliphatic rings. The molecule has 0 unspecified atom stereocenters. The van der Waals surface area contributed by atoms with E-state index >= 15 is 0 Å². The Balaban J connectivity index is 2.89. The number of nitrogens with one attached hydrogen (secondary N) is 1. The highest BCUT2D eigenvalue weighted by Crippen LogP contribution is 2.14. The molecule has 1 N–H and O–H groups in total. The molecule has 14 heavy (non-hydrogen) atoms. The van der Waals surface area contributed by atoms with Gasteiger partial charge < -0.3 is 5.32 Å². The van der Waals surface area contributed by atoms with E-state index in [4.69, 9.17) is 0 Å². The van der Waals surface area contributed by atoms with Gasteiger partial charge in [0.1, 0.15) is 5.82 Å². The number of carbonyl (C=O) groups is 1. The van der Waals surface area contributed by atoms with Crippen LogP contribution in [0, 0.1) is 5.82 Å². The third-order valence-corrected chi connectivity index (χ3v) is 2.15. The number of thioether (sulfide) groups is 1. The van der Waals surface area contributed by atoms with E-state index in [1.54, 1.807) is 24.6 Å². The number of hydrogen-bond donors (Lipinski definition) is 1. The smallest absolute Gasteiger partial charge is 0.180 e.